The average Bonchev–Trinajstić information content (AvgIpc) is 2.43. The maximum atomic E-state index is 12.0. The lowest BCUT2D eigenvalue weighted by molar-refractivity contribution is 0.0690. The highest BCUT2D eigenvalue weighted by molar-refractivity contribution is 9.10. The molecule has 1 aromatic heterocycles. The number of aromatic nitrogens is 1. The number of anilines is 1. The first kappa shape index (κ1) is 14.2. The Morgan fingerprint density at radius 1 is 1.25 bits per heavy atom. The van der Waals surface area contributed by atoms with Gasteiger partial charge in [-0.25, -0.2) is 9.78 Å². The second-order valence-corrected chi connectivity index (χ2v) is 5.03. The molecular formula is C14H11BrN2O3. The first-order valence-electron chi connectivity index (χ1n) is 5.74. The standard InChI is InChI=1S/C14H11BrN2O3/c1-8-2-4-10(15)12(6-8)17-13(18)9-3-5-11(14(19)20)16-7-9/h2-7H,1H3,(H,17,18)(H,19,20). The van der Waals surface area contributed by atoms with Crippen LogP contribution >= 0.6 is 15.9 Å². The van der Waals surface area contributed by atoms with Gasteiger partial charge in [-0.1, -0.05) is 6.07 Å². The first-order chi connectivity index (χ1) is 9.47. The van der Waals surface area contributed by atoms with Crippen LogP contribution in [0.4, 0.5) is 5.69 Å². The van der Waals surface area contributed by atoms with E-state index in [2.05, 4.69) is 26.2 Å². The molecule has 1 aromatic carbocycles. The van der Waals surface area contributed by atoms with Crippen LogP contribution in [0.25, 0.3) is 0 Å². The van der Waals surface area contributed by atoms with E-state index in [1.54, 1.807) is 0 Å². The molecule has 1 amide bonds. The molecule has 0 saturated carbocycles. The molecule has 102 valence electrons. The van der Waals surface area contributed by atoms with Gasteiger partial charge in [0.2, 0.25) is 0 Å². The minimum absolute atomic E-state index is 0.0988. The van der Waals surface area contributed by atoms with Crippen LogP contribution in [-0.4, -0.2) is 22.0 Å². The number of nitrogens with zero attached hydrogens (tertiary/aromatic N) is 1. The molecule has 0 aliphatic heterocycles. The fraction of sp³-hybridized carbons (Fsp3) is 0.0714. The van der Waals surface area contributed by atoms with Gasteiger partial charge in [0, 0.05) is 10.7 Å². The van der Waals surface area contributed by atoms with E-state index in [1.165, 1.54) is 18.3 Å². The van der Waals surface area contributed by atoms with E-state index in [4.69, 9.17) is 5.11 Å². The number of carboxylic acids is 1. The van der Waals surface area contributed by atoms with Crippen molar-refractivity contribution in [1.29, 1.82) is 0 Å². The van der Waals surface area contributed by atoms with Crippen molar-refractivity contribution in [2.75, 3.05) is 5.32 Å². The molecule has 5 nitrogen and oxygen atoms in total. The Morgan fingerprint density at radius 3 is 2.60 bits per heavy atom. The number of aromatic carboxylic acids is 1. The monoisotopic (exact) mass is 334 g/mol. The Kier molecular flexibility index (Phi) is 4.14. The molecule has 2 N–H and O–H groups in total. The molecule has 2 rings (SSSR count). The molecule has 0 radical (unpaired) electrons. The third-order valence-corrected chi connectivity index (χ3v) is 3.31. The van der Waals surface area contributed by atoms with Crippen LogP contribution in [0.3, 0.4) is 0 Å². The number of nitrogens with one attached hydrogen (secondary N) is 1. The first-order valence-corrected chi connectivity index (χ1v) is 6.53. The smallest absolute Gasteiger partial charge is 0.354 e. The van der Waals surface area contributed by atoms with Crippen LogP contribution in [0.15, 0.2) is 41.0 Å². The SMILES string of the molecule is Cc1ccc(Br)c(NC(=O)c2ccc(C(=O)O)nc2)c1. The van der Waals surface area contributed by atoms with E-state index in [-0.39, 0.29) is 11.6 Å². The highest BCUT2D eigenvalue weighted by Crippen LogP contribution is 2.23. The van der Waals surface area contributed by atoms with Crippen molar-refractivity contribution >= 4 is 33.5 Å². The van der Waals surface area contributed by atoms with Crippen molar-refractivity contribution < 1.29 is 14.7 Å². The summed E-state index contributed by atoms with van der Waals surface area (Å²) in [7, 11) is 0. The van der Waals surface area contributed by atoms with Crippen LogP contribution in [0.2, 0.25) is 0 Å². The van der Waals surface area contributed by atoms with Gasteiger partial charge in [-0.3, -0.25) is 4.79 Å². The molecule has 0 bridgehead atoms. The van der Waals surface area contributed by atoms with E-state index in [1.807, 2.05) is 25.1 Å². The summed E-state index contributed by atoms with van der Waals surface area (Å²) in [4.78, 5) is 26.4. The summed E-state index contributed by atoms with van der Waals surface area (Å²) in [5, 5.41) is 11.5. The highest BCUT2D eigenvalue weighted by atomic mass is 79.9. The van der Waals surface area contributed by atoms with Gasteiger partial charge in [0.25, 0.3) is 5.91 Å². The van der Waals surface area contributed by atoms with Crippen molar-refractivity contribution in [3.8, 4) is 0 Å². The van der Waals surface area contributed by atoms with Gasteiger partial charge >= 0.3 is 5.97 Å². The van der Waals surface area contributed by atoms with Crippen LogP contribution in [0, 0.1) is 6.92 Å². The van der Waals surface area contributed by atoms with E-state index in [9.17, 15) is 9.59 Å². The number of rotatable bonds is 3. The van der Waals surface area contributed by atoms with Gasteiger partial charge in [0.15, 0.2) is 0 Å². The summed E-state index contributed by atoms with van der Waals surface area (Å²) in [5.74, 6) is -1.47. The third kappa shape index (κ3) is 3.21. The van der Waals surface area contributed by atoms with Crippen LogP contribution in [-0.2, 0) is 0 Å². The Balaban J connectivity index is 2.19. The van der Waals surface area contributed by atoms with Crippen molar-refractivity contribution in [1.82, 2.24) is 4.98 Å². The average molecular weight is 335 g/mol. The second-order valence-electron chi connectivity index (χ2n) is 4.17. The molecule has 6 heteroatoms. The van der Waals surface area contributed by atoms with Crippen LogP contribution in [0.1, 0.15) is 26.4 Å². The number of carboxylic acid groups (broad SMARTS) is 1. The number of hydrogen-bond acceptors (Lipinski definition) is 3. The van der Waals surface area contributed by atoms with Crippen LogP contribution in [0.5, 0.6) is 0 Å². The van der Waals surface area contributed by atoms with E-state index in [0.717, 1.165) is 10.0 Å². The number of amides is 1. The molecular weight excluding hydrogens is 324 g/mol. The predicted octanol–water partition coefficient (Wildman–Crippen LogP) is 3.10. The van der Waals surface area contributed by atoms with Gasteiger partial charge in [-0.15, -0.1) is 0 Å². The zero-order valence-electron chi connectivity index (χ0n) is 10.6. The molecule has 0 saturated heterocycles. The topological polar surface area (TPSA) is 79.3 Å². The minimum atomic E-state index is -1.13. The number of halogens is 1. The molecule has 0 aliphatic carbocycles. The van der Waals surface area contributed by atoms with E-state index < -0.39 is 5.97 Å². The third-order valence-electron chi connectivity index (χ3n) is 2.61. The van der Waals surface area contributed by atoms with Crippen LogP contribution < -0.4 is 5.32 Å². The lowest BCUT2D eigenvalue weighted by atomic mass is 10.2. The lowest BCUT2D eigenvalue weighted by Gasteiger charge is -2.08. The van der Waals surface area contributed by atoms with Crippen molar-refractivity contribution in [3.05, 3.63) is 57.8 Å². The fourth-order valence-electron chi connectivity index (χ4n) is 1.58. The normalized spacial score (nSPS) is 10.1. The number of carbonyl (C=O) groups is 2. The molecule has 20 heavy (non-hydrogen) atoms. The maximum Gasteiger partial charge on any atom is 0.354 e. The molecule has 0 unspecified atom stereocenters. The van der Waals surface area contributed by atoms with Gasteiger partial charge in [-0.2, -0.15) is 0 Å². The number of hydrogen-bond donors (Lipinski definition) is 2. The lowest BCUT2D eigenvalue weighted by Crippen LogP contribution is -2.13. The van der Waals surface area contributed by atoms with Gasteiger partial charge in [0.05, 0.1) is 11.3 Å². The Hall–Kier alpha value is -2.21. The Morgan fingerprint density at radius 2 is 2.00 bits per heavy atom. The molecule has 1 heterocycles. The minimum Gasteiger partial charge on any atom is -0.477 e. The van der Waals surface area contributed by atoms with Gasteiger partial charge < -0.3 is 10.4 Å². The summed E-state index contributed by atoms with van der Waals surface area (Å²) in [6.07, 6.45) is 1.24. The van der Waals surface area contributed by atoms with Crippen molar-refractivity contribution in [2.45, 2.75) is 6.92 Å². The second kappa shape index (κ2) is 5.83. The molecule has 0 atom stereocenters. The number of carbonyl (C=O) groups excluding carboxylic acids is 1. The maximum absolute atomic E-state index is 12.0. The van der Waals surface area contributed by atoms with E-state index in [0.29, 0.717) is 11.3 Å². The molecule has 0 fully saturated rings. The molecule has 0 spiro atoms. The summed E-state index contributed by atoms with van der Waals surface area (Å²) in [5.41, 5.74) is 1.86. The van der Waals surface area contributed by atoms with Gasteiger partial charge in [0.1, 0.15) is 5.69 Å². The van der Waals surface area contributed by atoms with Gasteiger partial charge in [-0.05, 0) is 52.7 Å². The zero-order valence-corrected chi connectivity index (χ0v) is 12.1. The molecule has 0 aliphatic rings. The molecule has 2 aromatic rings. The number of aryl methyl sites for hydroxylation is 1. The quantitative estimate of drug-likeness (QED) is 0.903. The number of pyridine rings is 1. The highest BCUT2D eigenvalue weighted by Gasteiger charge is 2.10. The summed E-state index contributed by atoms with van der Waals surface area (Å²) >= 11 is 3.35. The zero-order chi connectivity index (χ0) is 14.7. The summed E-state index contributed by atoms with van der Waals surface area (Å²) < 4.78 is 0.770. The van der Waals surface area contributed by atoms with E-state index >= 15 is 0 Å². The largest absolute Gasteiger partial charge is 0.477 e. The fourth-order valence-corrected chi connectivity index (χ4v) is 1.93. The van der Waals surface area contributed by atoms with Crippen molar-refractivity contribution in [2.24, 2.45) is 0 Å². The Bertz CT molecular complexity index is 669. The number of benzene rings is 1. The predicted molar refractivity (Wildman–Crippen MR) is 78.0 cm³/mol. The summed E-state index contributed by atoms with van der Waals surface area (Å²) in [6.45, 7) is 1.92. The van der Waals surface area contributed by atoms with Crippen molar-refractivity contribution in [3.63, 3.8) is 0 Å². The summed E-state index contributed by atoms with van der Waals surface area (Å²) in [6, 6.07) is 8.32. The Labute approximate surface area is 123 Å².